The number of benzene rings is 1. The number of nitrogens with one attached hydrogen (secondary N) is 2. The Balaban J connectivity index is 2.42. The van der Waals surface area contributed by atoms with Crippen LogP contribution in [0.5, 0.6) is 0 Å². The molecule has 7 nitrogen and oxygen atoms in total. The van der Waals surface area contributed by atoms with E-state index in [0.717, 1.165) is 5.56 Å². The minimum atomic E-state index is -3.81. The molecule has 128 valence electrons. The fraction of sp³-hybridized carbons (Fsp3) is 0.467. The average molecular weight is 342 g/mol. The van der Waals surface area contributed by atoms with Gasteiger partial charge in [-0.3, -0.25) is 9.59 Å². The summed E-state index contributed by atoms with van der Waals surface area (Å²) in [6.07, 6.45) is 0.593. The van der Waals surface area contributed by atoms with Crippen molar-refractivity contribution in [3.8, 4) is 0 Å². The van der Waals surface area contributed by atoms with Gasteiger partial charge in [-0.15, -0.1) is 0 Å². The molecule has 1 aromatic rings. The van der Waals surface area contributed by atoms with Crippen molar-refractivity contribution in [1.29, 1.82) is 0 Å². The fourth-order valence-electron chi connectivity index (χ4n) is 1.78. The Morgan fingerprint density at radius 3 is 2.30 bits per heavy atom. The van der Waals surface area contributed by atoms with Crippen LogP contribution in [0.1, 0.15) is 12.0 Å². The van der Waals surface area contributed by atoms with E-state index in [9.17, 15) is 18.0 Å². The molecular weight excluding hydrogens is 320 g/mol. The van der Waals surface area contributed by atoms with Gasteiger partial charge in [0.25, 0.3) is 0 Å². The van der Waals surface area contributed by atoms with E-state index in [1.165, 1.54) is 0 Å². The summed E-state index contributed by atoms with van der Waals surface area (Å²) in [6.45, 7) is 2.71. The molecule has 0 atom stereocenters. The molecule has 0 unspecified atom stereocenters. The predicted molar refractivity (Wildman–Crippen MR) is 88.0 cm³/mol. The van der Waals surface area contributed by atoms with Crippen LogP contribution in [-0.2, 0) is 24.2 Å². The van der Waals surface area contributed by atoms with Crippen LogP contribution in [0.2, 0.25) is 0 Å². The van der Waals surface area contributed by atoms with Gasteiger partial charge < -0.3 is 15.4 Å². The first-order valence-corrected chi connectivity index (χ1v) is 8.97. The molecule has 8 heteroatoms. The summed E-state index contributed by atoms with van der Waals surface area (Å²) in [6, 6.07) is 6.97. The Morgan fingerprint density at radius 2 is 1.70 bits per heavy atom. The van der Waals surface area contributed by atoms with E-state index >= 15 is 0 Å². The summed E-state index contributed by atoms with van der Waals surface area (Å²) >= 11 is 0. The highest BCUT2D eigenvalue weighted by atomic mass is 32.2. The Morgan fingerprint density at radius 1 is 1.09 bits per heavy atom. The SMILES string of the molecule is COCCCNC(=O)CS(=O)(=O)CC(=O)Nc1ccc(C)cc1. The second-order valence-corrected chi connectivity index (χ2v) is 7.21. The van der Waals surface area contributed by atoms with Crippen molar-refractivity contribution >= 4 is 27.3 Å². The van der Waals surface area contributed by atoms with Gasteiger partial charge in [0.05, 0.1) is 0 Å². The maximum atomic E-state index is 11.8. The van der Waals surface area contributed by atoms with Crippen LogP contribution >= 0.6 is 0 Å². The van der Waals surface area contributed by atoms with Crippen LogP contribution in [0, 0.1) is 6.92 Å². The van der Waals surface area contributed by atoms with Gasteiger partial charge in [-0.05, 0) is 25.5 Å². The zero-order valence-corrected chi connectivity index (χ0v) is 14.1. The van der Waals surface area contributed by atoms with E-state index in [1.54, 1.807) is 31.4 Å². The van der Waals surface area contributed by atoms with Crippen LogP contribution in [0.25, 0.3) is 0 Å². The normalized spacial score (nSPS) is 11.0. The van der Waals surface area contributed by atoms with Gasteiger partial charge in [0.2, 0.25) is 11.8 Å². The van der Waals surface area contributed by atoms with Crippen LogP contribution in [0.15, 0.2) is 24.3 Å². The lowest BCUT2D eigenvalue weighted by molar-refractivity contribution is -0.118. The first-order valence-electron chi connectivity index (χ1n) is 7.15. The highest BCUT2D eigenvalue weighted by molar-refractivity contribution is 7.92. The molecule has 0 aliphatic heterocycles. The predicted octanol–water partition coefficient (Wildman–Crippen LogP) is 0.501. The summed E-state index contributed by atoms with van der Waals surface area (Å²) in [7, 11) is -2.27. The topological polar surface area (TPSA) is 102 Å². The Hall–Kier alpha value is -1.93. The Labute approximate surface area is 136 Å². The number of aryl methyl sites for hydroxylation is 1. The largest absolute Gasteiger partial charge is 0.385 e. The van der Waals surface area contributed by atoms with Gasteiger partial charge in [0.1, 0.15) is 11.5 Å². The van der Waals surface area contributed by atoms with Crippen LogP contribution in [0.4, 0.5) is 5.69 Å². The Kier molecular flexibility index (Phi) is 7.70. The lowest BCUT2D eigenvalue weighted by Gasteiger charge is -2.07. The Bertz CT molecular complexity index is 626. The molecule has 2 N–H and O–H groups in total. The molecule has 0 bridgehead atoms. The van der Waals surface area contributed by atoms with E-state index in [-0.39, 0.29) is 0 Å². The quantitative estimate of drug-likeness (QED) is 0.636. The number of amides is 2. The molecule has 0 saturated carbocycles. The van der Waals surface area contributed by atoms with Gasteiger partial charge in [0.15, 0.2) is 9.84 Å². The van der Waals surface area contributed by atoms with Crippen molar-refractivity contribution in [2.75, 3.05) is 37.1 Å². The monoisotopic (exact) mass is 342 g/mol. The number of carbonyl (C=O) groups is 2. The van der Waals surface area contributed by atoms with E-state index < -0.39 is 33.2 Å². The molecular formula is C15H22N2O5S. The smallest absolute Gasteiger partial charge is 0.239 e. The van der Waals surface area contributed by atoms with Crippen molar-refractivity contribution in [3.63, 3.8) is 0 Å². The van der Waals surface area contributed by atoms with Crippen molar-refractivity contribution in [2.45, 2.75) is 13.3 Å². The highest BCUT2D eigenvalue weighted by Gasteiger charge is 2.20. The van der Waals surface area contributed by atoms with Crippen molar-refractivity contribution < 1.29 is 22.7 Å². The van der Waals surface area contributed by atoms with Gasteiger partial charge in [-0.25, -0.2) is 8.42 Å². The van der Waals surface area contributed by atoms with Crippen molar-refractivity contribution in [3.05, 3.63) is 29.8 Å². The molecule has 1 aromatic carbocycles. The number of anilines is 1. The molecule has 2 amide bonds. The van der Waals surface area contributed by atoms with E-state index in [2.05, 4.69) is 10.6 Å². The minimum absolute atomic E-state index is 0.331. The summed E-state index contributed by atoms with van der Waals surface area (Å²) in [5, 5.41) is 4.96. The van der Waals surface area contributed by atoms with Gasteiger partial charge in [0, 0.05) is 25.9 Å². The average Bonchev–Trinajstić information content (AvgIpc) is 2.45. The highest BCUT2D eigenvalue weighted by Crippen LogP contribution is 2.08. The second-order valence-electron chi connectivity index (χ2n) is 5.14. The summed E-state index contributed by atoms with van der Waals surface area (Å²) in [4.78, 5) is 23.3. The van der Waals surface area contributed by atoms with Crippen LogP contribution in [0.3, 0.4) is 0 Å². The van der Waals surface area contributed by atoms with Gasteiger partial charge in [-0.1, -0.05) is 17.7 Å². The third kappa shape index (κ3) is 8.32. The van der Waals surface area contributed by atoms with E-state index in [1.807, 2.05) is 6.92 Å². The minimum Gasteiger partial charge on any atom is -0.385 e. The lowest BCUT2D eigenvalue weighted by Crippen LogP contribution is -2.34. The maximum absolute atomic E-state index is 11.8. The summed E-state index contributed by atoms with van der Waals surface area (Å²) in [5.41, 5.74) is 1.54. The second kappa shape index (κ2) is 9.26. The number of sulfone groups is 1. The molecule has 0 spiro atoms. The first kappa shape index (κ1) is 19.1. The van der Waals surface area contributed by atoms with Crippen molar-refractivity contribution in [1.82, 2.24) is 5.32 Å². The zero-order valence-electron chi connectivity index (χ0n) is 13.3. The molecule has 0 aliphatic rings. The van der Waals surface area contributed by atoms with Gasteiger partial charge >= 0.3 is 0 Å². The number of hydrogen-bond donors (Lipinski definition) is 2. The third-order valence-electron chi connectivity index (χ3n) is 2.88. The molecule has 0 radical (unpaired) electrons. The van der Waals surface area contributed by atoms with E-state index in [4.69, 9.17) is 4.74 Å². The van der Waals surface area contributed by atoms with Crippen molar-refractivity contribution in [2.24, 2.45) is 0 Å². The lowest BCUT2D eigenvalue weighted by atomic mass is 10.2. The molecule has 0 fully saturated rings. The molecule has 1 rings (SSSR count). The van der Waals surface area contributed by atoms with Gasteiger partial charge in [-0.2, -0.15) is 0 Å². The number of carbonyl (C=O) groups excluding carboxylic acids is 2. The fourth-order valence-corrected chi connectivity index (χ4v) is 2.86. The molecule has 0 aromatic heterocycles. The number of methoxy groups -OCH3 is 1. The third-order valence-corrected chi connectivity index (χ3v) is 4.29. The molecule has 23 heavy (non-hydrogen) atoms. The molecule has 0 aliphatic carbocycles. The summed E-state index contributed by atoms with van der Waals surface area (Å²) in [5.74, 6) is -2.72. The summed E-state index contributed by atoms with van der Waals surface area (Å²) < 4.78 is 28.5. The van der Waals surface area contributed by atoms with E-state index in [0.29, 0.717) is 25.3 Å². The van der Waals surface area contributed by atoms with Crippen LogP contribution in [-0.4, -0.2) is 52.0 Å². The maximum Gasteiger partial charge on any atom is 0.239 e. The number of hydrogen-bond acceptors (Lipinski definition) is 5. The molecule has 0 heterocycles. The standard InChI is InChI=1S/C15H22N2O5S/c1-12-4-6-13(7-5-12)17-15(19)11-23(20,21)10-14(18)16-8-3-9-22-2/h4-7H,3,8-11H2,1-2H3,(H,16,18)(H,17,19). The first-order chi connectivity index (χ1) is 10.8. The molecule has 0 saturated heterocycles. The zero-order chi connectivity index (χ0) is 17.3. The number of rotatable bonds is 9. The number of ether oxygens (including phenoxy) is 1. The van der Waals surface area contributed by atoms with Crippen LogP contribution < -0.4 is 10.6 Å².